The third-order valence-corrected chi connectivity index (χ3v) is 3.53. The van der Waals surface area contributed by atoms with Gasteiger partial charge in [0.15, 0.2) is 6.29 Å². The normalized spacial score (nSPS) is 10.4. The topological polar surface area (TPSA) is 26.3 Å². The zero-order valence-electron chi connectivity index (χ0n) is 7.48. The van der Waals surface area contributed by atoms with Gasteiger partial charge in [-0.2, -0.15) is 0 Å². The van der Waals surface area contributed by atoms with Gasteiger partial charge in [0, 0.05) is 20.4 Å². The van der Waals surface area contributed by atoms with Crippen molar-refractivity contribution in [3.8, 4) is 5.75 Å². The lowest BCUT2D eigenvalue weighted by atomic mass is 10.1. The molecule has 0 bridgehead atoms. The van der Waals surface area contributed by atoms with Crippen molar-refractivity contribution >= 4 is 40.3 Å². The highest BCUT2D eigenvalue weighted by Gasteiger charge is 2.11. The van der Waals surface area contributed by atoms with E-state index in [0.717, 1.165) is 21.3 Å². The SMILES string of the molecule is COc1ccc2scc(S)c2c1C=O. The Morgan fingerprint density at radius 2 is 2.29 bits per heavy atom. The molecular formula is C10H8O2S2. The van der Waals surface area contributed by atoms with Crippen LogP contribution < -0.4 is 4.74 Å². The Kier molecular flexibility index (Phi) is 2.48. The van der Waals surface area contributed by atoms with E-state index in [4.69, 9.17) is 4.74 Å². The van der Waals surface area contributed by atoms with E-state index in [9.17, 15) is 4.79 Å². The summed E-state index contributed by atoms with van der Waals surface area (Å²) < 4.78 is 6.16. The van der Waals surface area contributed by atoms with Gasteiger partial charge in [-0.3, -0.25) is 4.79 Å². The van der Waals surface area contributed by atoms with Gasteiger partial charge in [0.2, 0.25) is 0 Å². The Labute approximate surface area is 90.9 Å². The maximum Gasteiger partial charge on any atom is 0.154 e. The molecular weight excluding hydrogens is 216 g/mol. The first kappa shape index (κ1) is 9.55. The average molecular weight is 224 g/mol. The highest BCUT2D eigenvalue weighted by Crippen LogP contribution is 2.35. The maximum atomic E-state index is 10.9. The Morgan fingerprint density at radius 3 is 2.93 bits per heavy atom. The zero-order chi connectivity index (χ0) is 10.1. The predicted octanol–water partition coefficient (Wildman–Crippen LogP) is 3.01. The summed E-state index contributed by atoms with van der Waals surface area (Å²) >= 11 is 5.88. The molecule has 0 aliphatic rings. The lowest BCUT2D eigenvalue weighted by molar-refractivity contribution is 0.112. The van der Waals surface area contributed by atoms with Crippen LogP contribution in [-0.2, 0) is 0 Å². The fraction of sp³-hybridized carbons (Fsp3) is 0.100. The Morgan fingerprint density at radius 1 is 1.50 bits per heavy atom. The number of methoxy groups -OCH3 is 1. The van der Waals surface area contributed by atoms with E-state index in [1.54, 1.807) is 24.5 Å². The monoisotopic (exact) mass is 224 g/mol. The van der Waals surface area contributed by atoms with Crippen LogP contribution >= 0.6 is 24.0 Å². The van der Waals surface area contributed by atoms with Crippen molar-refractivity contribution in [2.45, 2.75) is 4.90 Å². The molecule has 2 nitrogen and oxygen atoms in total. The number of thiol groups is 1. The first-order valence-electron chi connectivity index (χ1n) is 4.00. The molecule has 0 aliphatic heterocycles. The number of thiophene rings is 1. The second-order valence-electron chi connectivity index (χ2n) is 2.79. The maximum absolute atomic E-state index is 10.9. The third-order valence-electron chi connectivity index (χ3n) is 2.06. The van der Waals surface area contributed by atoms with Crippen LogP contribution in [-0.4, -0.2) is 13.4 Å². The number of benzene rings is 1. The van der Waals surface area contributed by atoms with Gasteiger partial charge in [-0.1, -0.05) is 0 Å². The summed E-state index contributed by atoms with van der Waals surface area (Å²) in [6.07, 6.45) is 0.813. The molecule has 2 rings (SSSR count). The lowest BCUT2D eigenvalue weighted by Crippen LogP contribution is -1.90. The minimum Gasteiger partial charge on any atom is -0.496 e. The second-order valence-corrected chi connectivity index (χ2v) is 4.19. The fourth-order valence-electron chi connectivity index (χ4n) is 1.42. The Balaban J connectivity index is 2.87. The van der Waals surface area contributed by atoms with E-state index in [2.05, 4.69) is 12.6 Å². The highest BCUT2D eigenvalue weighted by atomic mass is 32.1. The first-order valence-corrected chi connectivity index (χ1v) is 5.33. The molecule has 72 valence electrons. The summed E-state index contributed by atoms with van der Waals surface area (Å²) in [7, 11) is 1.55. The summed E-state index contributed by atoms with van der Waals surface area (Å²) in [5.74, 6) is 0.598. The van der Waals surface area contributed by atoms with Crippen molar-refractivity contribution in [2.24, 2.45) is 0 Å². The quantitative estimate of drug-likeness (QED) is 0.627. The largest absolute Gasteiger partial charge is 0.496 e. The number of hydrogen-bond donors (Lipinski definition) is 1. The fourth-order valence-corrected chi connectivity index (χ4v) is 2.73. The van der Waals surface area contributed by atoms with E-state index in [1.807, 2.05) is 11.4 Å². The van der Waals surface area contributed by atoms with Crippen LogP contribution in [0.3, 0.4) is 0 Å². The number of hydrogen-bond acceptors (Lipinski definition) is 4. The molecule has 0 N–H and O–H groups in total. The molecule has 0 saturated carbocycles. The molecule has 0 unspecified atom stereocenters. The van der Waals surface area contributed by atoms with E-state index in [0.29, 0.717) is 11.3 Å². The molecule has 0 fully saturated rings. The molecule has 0 amide bonds. The van der Waals surface area contributed by atoms with Crippen molar-refractivity contribution in [3.05, 3.63) is 23.1 Å². The van der Waals surface area contributed by atoms with Crippen molar-refractivity contribution < 1.29 is 9.53 Å². The standard InChI is InChI=1S/C10H8O2S2/c1-12-7-2-3-9-10(6(7)4-11)8(13)5-14-9/h2-5,13H,1H3. The van der Waals surface area contributed by atoms with Crippen LogP contribution in [0.5, 0.6) is 5.75 Å². The van der Waals surface area contributed by atoms with Crippen LogP contribution in [0, 0.1) is 0 Å². The Bertz CT molecular complexity index is 488. The van der Waals surface area contributed by atoms with Gasteiger partial charge in [-0.15, -0.1) is 24.0 Å². The molecule has 1 heterocycles. The number of aldehydes is 1. The molecule has 0 aliphatic carbocycles. The van der Waals surface area contributed by atoms with E-state index in [-0.39, 0.29) is 0 Å². The number of carbonyl (C=O) groups is 1. The van der Waals surface area contributed by atoms with Gasteiger partial charge in [0.25, 0.3) is 0 Å². The average Bonchev–Trinajstić information content (AvgIpc) is 2.59. The lowest BCUT2D eigenvalue weighted by Gasteiger charge is -2.04. The summed E-state index contributed by atoms with van der Waals surface area (Å²) in [6, 6.07) is 3.74. The number of ether oxygens (including phenoxy) is 1. The van der Waals surface area contributed by atoms with E-state index < -0.39 is 0 Å². The van der Waals surface area contributed by atoms with Gasteiger partial charge in [-0.25, -0.2) is 0 Å². The highest BCUT2D eigenvalue weighted by molar-refractivity contribution is 7.80. The van der Waals surface area contributed by atoms with E-state index >= 15 is 0 Å². The smallest absolute Gasteiger partial charge is 0.154 e. The van der Waals surface area contributed by atoms with Crippen LogP contribution in [0.15, 0.2) is 22.4 Å². The minimum absolute atomic E-state index is 0.580. The number of carbonyl (C=O) groups excluding carboxylic acids is 1. The van der Waals surface area contributed by atoms with Gasteiger partial charge in [-0.05, 0) is 12.1 Å². The van der Waals surface area contributed by atoms with Crippen molar-refractivity contribution in [1.82, 2.24) is 0 Å². The van der Waals surface area contributed by atoms with Crippen molar-refractivity contribution in [3.63, 3.8) is 0 Å². The summed E-state index contributed by atoms with van der Waals surface area (Å²) in [6.45, 7) is 0. The van der Waals surface area contributed by atoms with Gasteiger partial charge < -0.3 is 4.74 Å². The van der Waals surface area contributed by atoms with Crippen LogP contribution in [0.2, 0.25) is 0 Å². The summed E-state index contributed by atoms with van der Waals surface area (Å²) in [5, 5.41) is 2.80. The van der Waals surface area contributed by atoms with Crippen molar-refractivity contribution in [2.75, 3.05) is 7.11 Å². The molecule has 1 aromatic heterocycles. The summed E-state index contributed by atoms with van der Waals surface area (Å²) in [5.41, 5.74) is 0.580. The molecule has 14 heavy (non-hydrogen) atoms. The molecule has 4 heteroatoms. The molecule has 0 spiro atoms. The van der Waals surface area contributed by atoms with Crippen LogP contribution in [0.25, 0.3) is 10.1 Å². The molecule has 0 saturated heterocycles. The second kappa shape index (κ2) is 3.63. The number of rotatable bonds is 2. The number of fused-ring (bicyclic) bond motifs is 1. The predicted molar refractivity (Wildman–Crippen MR) is 61.0 cm³/mol. The van der Waals surface area contributed by atoms with Gasteiger partial charge in [0.05, 0.1) is 12.7 Å². The Hall–Kier alpha value is -1.00. The van der Waals surface area contributed by atoms with Crippen LogP contribution in [0.1, 0.15) is 10.4 Å². The van der Waals surface area contributed by atoms with Gasteiger partial charge >= 0.3 is 0 Å². The van der Waals surface area contributed by atoms with Gasteiger partial charge in [0.1, 0.15) is 5.75 Å². The first-order chi connectivity index (χ1) is 6.77. The van der Waals surface area contributed by atoms with E-state index in [1.165, 1.54) is 0 Å². The molecule has 1 aromatic carbocycles. The third kappa shape index (κ3) is 1.31. The molecule has 0 atom stereocenters. The molecule has 0 radical (unpaired) electrons. The van der Waals surface area contributed by atoms with Crippen molar-refractivity contribution in [1.29, 1.82) is 0 Å². The minimum atomic E-state index is 0.580. The van der Waals surface area contributed by atoms with Crippen LogP contribution in [0.4, 0.5) is 0 Å². The molecule has 2 aromatic rings. The summed E-state index contributed by atoms with van der Waals surface area (Å²) in [4.78, 5) is 11.8. The zero-order valence-corrected chi connectivity index (χ0v) is 9.19.